The van der Waals surface area contributed by atoms with Crippen molar-refractivity contribution < 1.29 is 18.3 Å². The van der Waals surface area contributed by atoms with Gasteiger partial charge in [-0.2, -0.15) is 13.2 Å². The average Bonchev–Trinajstić information content (AvgIpc) is 2.64. The number of aliphatic hydroxyl groups is 1. The predicted octanol–water partition coefficient (Wildman–Crippen LogP) is 1.96. The molecule has 0 amide bonds. The first-order valence-electron chi connectivity index (χ1n) is 5.32. The Morgan fingerprint density at radius 1 is 1.27 bits per heavy atom. The van der Waals surface area contributed by atoms with E-state index in [4.69, 9.17) is 5.73 Å². The zero-order valence-electron chi connectivity index (χ0n) is 8.48. The van der Waals surface area contributed by atoms with Crippen LogP contribution in [0.15, 0.2) is 0 Å². The van der Waals surface area contributed by atoms with Crippen molar-refractivity contribution in [2.45, 2.75) is 55.8 Å². The van der Waals surface area contributed by atoms with E-state index in [1.54, 1.807) is 0 Å². The van der Waals surface area contributed by atoms with Crippen LogP contribution in [0.2, 0.25) is 0 Å². The Kier molecular flexibility index (Phi) is 2.32. The van der Waals surface area contributed by atoms with Crippen LogP contribution in [0.25, 0.3) is 0 Å². The van der Waals surface area contributed by atoms with Gasteiger partial charge in [0.2, 0.25) is 0 Å². The summed E-state index contributed by atoms with van der Waals surface area (Å²) in [5, 5.41) is 9.45. The van der Waals surface area contributed by atoms with Crippen LogP contribution in [0.5, 0.6) is 0 Å². The van der Waals surface area contributed by atoms with Gasteiger partial charge in [-0.1, -0.05) is 0 Å². The van der Waals surface area contributed by atoms with Crippen LogP contribution in [-0.4, -0.2) is 22.4 Å². The molecule has 5 heteroatoms. The lowest BCUT2D eigenvalue weighted by molar-refractivity contribution is -0.258. The van der Waals surface area contributed by atoms with Gasteiger partial charge in [0.1, 0.15) is 0 Å². The molecule has 3 N–H and O–H groups in total. The van der Waals surface area contributed by atoms with Gasteiger partial charge in [-0.15, -0.1) is 0 Å². The largest absolute Gasteiger partial charge is 0.417 e. The molecule has 0 aromatic heterocycles. The van der Waals surface area contributed by atoms with Crippen molar-refractivity contribution in [3.63, 3.8) is 0 Å². The highest BCUT2D eigenvalue weighted by Gasteiger charge is 2.58. The Bertz CT molecular complexity index is 262. The third-order valence-corrected chi connectivity index (χ3v) is 3.71. The molecule has 2 atom stereocenters. The minimum absolute atomic E-state index is 0.0656. The summed E-state index contributed by atoms with van der Waals surface area (Å²) < 4.78 is 37.5. The highest BCUT2D eigenvalue weighted by Crippen LogP contribution is 2.50. The molecule has 0 heterocycles. The van der Waals surface area contributed by atoms with E-state index >= 15 is 0 Å². The maximum Gasteiger partial charge on any atom is 0.417 e. The number of rotatable bonds is 2. The summed E-state index contributed by atoms with van der Waals surface area (Å²) in [7, 11) is 0. The van der Waals surface area contributed by atoms with Crippen LogP contribution >= 0.6 is 0 Å². The molecule has 0 aliphatic heterocycles. The van der Waals surface area contributed by atoms with Crippen molar-refractivity contribution in [3.8, 4) is 0 Å². The second-order valence-electron chi connectivity index (χ2n) is 5.20. The molecule has 88 valence electrons. The van der Waals surface area contributed by atoms with E-state index in [0.29, 0.717) is 12.8 Å². The lowest BCUT2D eigenvalue weighted by Crippen LogP contribution is -2.42. The normalized spacial score (nSPS) is 39.4. The van der Waals surface area contributed by atoms with Gasteiger partial charge in [-0.3, -0.25) is 0 Å². The maximum atomic E-state index is 12.5. The van der Waals surface area contributed by atoms with E-state index in [-0.39, 0.29) is 24.3 Å². The molecule has 0 radical (unpaired) electrons. The lowest BCUT2D eigenvalue weighted by Gasteiger charge is -2.26. The van der Waals surface area contributed by atoms with E-state index < -0.39 is 11.8 Å². The Labute approximate surface area is 86.6 Å². The molecular formula is C10H16F3NO. The van der Waals surface area contributed by atoms with Gasteiger partial charge < -0.3 is 10.8 Å². The molecule has 0 bridgehead atoms. The molecule has 2 saturated carbocycles. The molecule has 0 saturated heterocycles. The Hall–Kier alpha value is -0.290. The van der Waals surface area contributed by atoms with Crippen molar-refractivity contribution in [3.05, 3.63) is 0 Å². The number of alkyl halides is 3. The number of halogens is 3. The first-order valence-corrected chi connectivity index (χ1v) is 5.32. The third kappa shape index (κ3) is 2.13. The molecule has 0 spiro atoms. The van der Waals surface area contributed by atoms with E-state index in [1.807, 2.05) is 0 Å². The summed E-state index contributed by atoms with van der Waals surface area (Å²) in [6.45, 7) is 0. The van der Waals surface area contributed by atoms with Gasteiger partial charge >= 0.3 is 6.18 Å². The molecule has 15 heavy (non-hydrogen) atoms. The number of hydrogen-bond acceptors (Lipinski definition) is 2. The van der Waals surface area contributed by atoms with Gasteiger partial charge in [-0.05, 0) is 44.4 Å². The Balaban J connectivity index is 1.94. The van der Waals surface area contributed by atoms with Crippen LogP contribution < -0.4 is 5.73 Å². The van der Waals surface area contributed by atoms with Crippen LogP contribution in [0.1, 0.15) is 38.5 Å². The molecule has 2 unspecified atom stereocenters. The third-order valence-electron chi connectivity index (χ3n) is 3.71. The molecule has 2 rings (SSSR count). The molecule has 0 aromatic carbocycles. The highest BCUT2D eigenvalue weighted by molar-refractivity contribution is 5.03. The fourth-order valence-electron chi connectivity index (χ4n) is 2.50. The molecule has 0 aromatic rings. The van der Waals surface area contributed by atoms with Crippen LogP contribution in [-0.2, 0) is 0 Å². The van der Waals surface area contributed by atoms with Crippen molar-refractivity contribution >= 4 is 0 Å². The van der Waals surface area contributed by atoms with Crippen molar-refractivity contribution in [1.29, 1.82) is 0 Å². The second kappa shape index (κ2) is 3.10. The van der Waals surface area contributed by atoms with Gasteiger partial charge in [0.15, 0.2) is 5.60 Å². The first kappa shape index (κ1) is 11.2. The highest BCUT2D eigenvalue weighted by atomic mass is 19.4. The molecule has 2 aliphatic rings. The van der Waals surface area contributed by atoms with Crippen molar-refractivity contribution in [2.75, 3.05) is 0 Å². The zero-order chi connectivity index (χ0) is 11.3. The summed E-state index contributed by atoms with van der Waals surface area (Å²) >= 11 is 0. The molecule has 2 nitrogen and oxygen atoms in total. The minimum Gasteiger partial charge on any atom is -0.380 e. The topological polar surface area (TPSA) is 46.2 Å². The van der Waals surface area contributed by atoms with Gasteiger partial charge in [0, 0.05) is 5.54 Å². The smallest absolute Gasteiger partial charge is 0.380 e. The quantitative estimate of drug-likeness (QED) is 0.751. The van der Waals surface area contributed by atoms with Gasteiger partial charge in [0.25, 0.3) is 0 Å². The van der Waals surface area contributed by atoms with E-state index in [1.165, 1.54) is 0 Å². The summed E-state index contributed by atoms with van der Waals surface area (Å²) in [4.78, 5) is 0. The predicted molar refractivity (Wildman–Crippen MR) is 49.1 cm³/mol. The van der Waals surface area contributed by atoms with E-state index in [0.717, 1.165) is 12.8 Å². The fraction of sp³-hybridized carbons (Fsp3) is 1.00. The SMILES string of the molecule is NC1(CC2CCC(O)(C(F)(F)F)C2)CC1. The second-order valence-corrected chi connectivity index (χ2v) is 5.20. The Morgan fingerprint density at radius 3 is 2.27 bits per heavy atom. The average molecular weight is 223 g/mol. The summed E-state index contributed by atoms with van der Waals surface area (Å²) in [6.07, 6.45) is -1.94. The van der Waals surface area contributed by atoms with E-state index in [2.05, 4.69) is 0 Å². The van der Waals surface area contributed by atoms with Crippen LogP contribution in [0, 0.1) is 5.92 Å². The van der Waals surface area contributed by atoms with Crippen molar-refractivity contribution in [1.82, 2.24) is 0 Å². The maximum absolute atomic E-state index is 12.5. The molecule has 2 fully saturated rings. The molecular weight excluding hydrogens is 207 g/mol. The summed E-state index contributed by atoms with van der Waals surface area (Å²) in [5.74, 6) is -0.0656. The standard InChI is InChI=1S/C10H16F3NO/c11-10(12,13)9(15)2-1-7(6-9)5-8(14)3-4-8/h7,15H,1-6,14H2. The van der Waals surface area contributed by atoms with Gasteiger partial charge in [-0.25, -0.2) is 0 Å². The lowest BCUT2D eigenvalue weighted by atomic mass is 9.94. The number of hydrogen-bond donors (Lipinski definition) is 2. The van der Waals surface area contributed by atoms with Crippen LogP contribution in [0.4, 0.5) is 13.2 Å². The van der Waals surface area contributed by atoms with Crippen molar-refractivity contribution in [2.24, 2.45) is 11.7 Å². The monoisotopic (exact) mass is 223 g/mol. The fourth-order valence-corrected chi connectivity index (χ4v) is 2.50. The van der Waals surface area contributed by atoms with Gasteiger partial charge in [0.05, 0.1) is 0 Å². The zero-order valence-corrected chi connectivity index (χ0v) is 8.48. The minimum atomic E-state index is -4.49. The number of nitrogens with two attached hydrogens (primary N) is 1. The Morgan fingerprint density at radius 2 is 1.87 bits per heavy atom. The first-order chi connectivity index (χ1) is 6.74. The van der Waals surface area contributed by atoms with Crippen LogP contribution in [0.3, 0.4) is 0 Å². The molecule has 2 aliphatic carbocycles. The summed E-state index contributed by atoms with van der Waals surface area (Å²) in [6, 6.07) is 0. The van der Waals surface area contributed by atoms with E-state index in [9.17, 15) is 18.3 Å². The summed E-state index contributed by atoms with van der Waals surface area (Å²) in [5.41, 5.74) is 3.18.